The molecule has 0 bridgehead atoms. The van der Waals surface area contributed by atoms with Crippen LogP contribution in [-0.4, -0.2) is 40.2 Å². The molecule has 22 heavy (non-hydrogen) atoms. The number of carbonyl (C=O) groups is 1. The van der Waals surface area contributed by atoms with E-state index < -0.39 is 0 Å². The quantitative estimate of drug-likeness (QED) is 0.575. The van der Waals surface area contributed by atoms with E-state index in [1.807, 2.05) is 0 Å². The lowest BCUT2D eigenvalue weighted by molar-refractivity contribution is -0.317. The van der Waals surface area contributed by atoms with E-state index in [4.69, 9.17) is 21.2 Å². The maximum Gasteiger partial charge on any atom is 0.321 e. The Morgan fingerprint density at radius 2 is 1.59 bits per heavy atom. The third kappa shape index (κ3) is 4.36. The third-order valence-corrected chi connectivity index (χ3v) is 4.99. The summed E-state index contributed by atoms with van der Waals surface area (Å²) in [5.74, 6) is -0.417. The van der Waals surface area contributed by atoms with Crippen molar-refractivity contribution in [3.8, 4) is 0 Å². The number of piperidine rings is 1. The van der Waals surface area contributed by atoms with Gasteiger partial charge in [0.15, 0.2) is 0 Å². The highest BCUT2D eigenvalue weighted by atomic mass is 35.5. The Hall–Kier alpha value is -0.320. The molecule has 128 valence electrons. The highest BCUT2D eigenvalue weighted by Crippen LogP contribution is 2.41. The molecule has 0 radical (unpaired) electrons. The molecule has 1 saturated carbocycles. The Kier molecular flexibility index (Phi) is 5.79. The molecule has 0 aromatic heterocycles. The van der Waals surface area contributed by atoms with Gasteiger partial charge in [0.1, 0.15) is 12.0 Å². The van der Waals surface area contributed by atoms with E-state index in [0.29, 0.717) is 6.10 Å². The van der Waals surface area contributed by atoms with Crippen LogP contribution in [0.5, 0.6) is 0 Å². The molecule has 2 fully saturated rings. The molecular formula is C17H30ClNO3. The number of esters is 1. The summed E-state index contributed by atoms with van der Waals surface area (Å²) in [6.07, 6.45) is 7.91. The smallest absolute Gasteiger partial charge is 0.321 e. The minimum Gasteiger partial charge on any atom is -0.461 e. The summed E-state index contributed by atoms with van der Waals surface area (Å²) in [7, 11) is 0. The third-order valence-electron chi connectivity index (χ3n) is 4.77. The average molecular weight is 332 g/mol. The van der Waals surface area contributed by atoms with Gasteiger partial charge in [-0.15, -0.1) is 11.6 Å². The Morgan fingerprint density at radius 1 is 1.05 bits per heavy atom. The fraction of sp³-hybridized carbons (Fsp3) is 0.941. The lowest BCUT2D eigenvalue weighted by Gasteiger charge is -2.54. The SMILES string of the molecule is CC1(C)CC(OC(=O)CCl)CC(C)(C)N1OC1CCCCC1. The van der Waals surface area contributed by atoms with Crippen LogP contribution in [0.2, 0.25) is 0 Å². The molecule has 5 heteroatoms. The molecule has 0 N–H and O–H groups in total. The van der Waals surface area contributed by atoms with Gasteiger partial charge >= 0.3 is 5.97 Å². The molecule has 1 saturated heterocycles. The average Bonchev–Trinajstić information content (AvgIpc) is 2.43. The van der Waals surface area contributed by atoms with Gasteiger partial charge in [-0.2, -0.15) is 5.06 Å². The molecule has 2 rings (SSSR count). The zero-order chi connectivity index (χ0) is 16.4. The molecule has 0 amide bonds. The zero-order valence-corrected chi connectivity index (χ0v) is 15.1. The van der Waals surface area contributed by atoms with E-state index in [1.165, 1.54) is 19.3 Å². The molecule has 0 atom stereocenters. The summed E-state index contributed by atoms with van der Waals surface area (Å²) in [6.45, 7) is 8.66. The molecule has 0 aromatic carbocycles. The predicted octanol–water partition coefficient (Wildman–Crippen LogP) is 4.05. The minimum atomic E-state index is -0.333. The van der Waals surface area contributed by atoms with Crippen molar-refractivity contribution in [3.63, 3.8) is 0 Å². The van der Waals surface area contributed by atoms with Gasteiger partial charge in [-0.1, -0.05) is 19.3 Å². The maximum atomic E-state index is 11.5. The molecule has 1 aliphatic carbocycles. The number of alkyl halides is 1. The van der Waals surface area contributed by atoms with Crippen LogP contribution < -0.4 is 0 Å². The maximum absolute atomic E-state index is 11.5. The largest absolute Gasteiger partial charge is 0.461 e. The first-order chi connectivity index (χ1) is 10.2. The summed E-state index contributed by atoms with van der Waals surface area (Å²) in [5, 5.41) is 2.17. The number of nitrogens with zero attached hydrogens (tertiary/aromatic N) is 1. The zero-order valence-electron chi connectivity index (χ0n) is 14.4. The highest BCUT2D eigenvalue weighted by Gasteiger charge is 2.48. The molecule has 1 aliphatic heterocycles. The monoisotopic (exact) mass is 331 g/mol. The molecule has 0 aromatic rings. The first kappa shape index (κ1) is 18.0. The normalized spacial score (nSPS) is 26.8. The van der Waals surface area contributed by atoms with Crippen molar-refractivity contribution in [2.45, 2.75) is 95.9 Å². The van der Waals surface area contributed by atoms with Crippen LogP contribution in [0.15, 0.2) is 0 Å². The lowest BCUT2D eigenvalue weighted by atomic mass is 9.80. The van der Waals surface area contributed by atoms with Gasteiger partial charge in [0, 0.05) is 23.9 Å². The van der Waals surface area contributed by atoms with Crippen LogP contribution in [0.1, 0.15) is 72.6 Å². The van der Waals surface area contributed by atoms with Gasteiger partial charge in [0.2, 0.25) is 0 Å². The van der Waals surface area contributed by atoms with Crippen molar-refractivity contribution in [3.05, 3.63) is 0 Å². The summed E-state index contributed by atoms with van der Waals surface area (Å²) in [5.41, 5.74) is -0.340. The second kappa shape index (κ2) is 7.06. The molecule has 0 unspecified atom stereocenters. The minimum absolute atomic E-state index is 0.0837. The topological polar surface area (TPSA) is 38.8 Å². The second-order valence-electron chi connectivity index (χ2n) is 7.94. The number of hydrogen-bond acceptors (Lipinski definition) is 4. The van der Waals surface area contributed by atoms with Crippen LogP contribution in [0.25, 0.3) is 0 Å². The van der Waals surface area contributed by atoms with Gasteiger partial charge in [0.05, 0.1) is 6.10 Å². The van der Waals surface area contributed by atoms with Crippen LogP contribution >= 0.6 is 11.6 Å². The fourth-order valence-electron chi connectivity index (χ4n) is 4.08. The Bertz CT molecular complexity index is 373. The van der Waals surface area contributed by atoms with Gasteiger partial charge < -0.3 is 4.74 Å². The highest BCUT2D eigenvalue weighted by molar-refractivity contribution is 6.26. The number of hydroxylamine groups is 2. The van der Waals surface area contributed by atoms with E-state index in [2.05, 4.69) is 32.8 Å². The molecular weight excluding hydrogens is 302 g/mol. The van der Waals surface area contributed by atoms with E-state index in [-0.39, 0.29) is 29.0 Å². The van der Waals surface area contributed by atoms with E-state index in [1.54, 1.807) is 0 Å². The van der Waals surface area contributed by atoms with Crippen molar-refractivity contribution in [1.82, 2.24) is 5.06 Å². The molecule has 4 nitrogen and oxygen atoms in total. The first-order valence-corrected chi connectivity index (χ1v) is 9.00. The summed E-state index contributed by atoms with van der Waals surface area (Å²) < 4.78 is 5.50. The van der Waals surface area contributed by atoms with Crippen molar-refractivity contribution in [2.24, 2.45) is 0 Å². The Labute approximate surface area is 139 Å². The number of hydrogen-bond donors (Lipinski definition) is 0. The number of halogens is 1. The van der Waals surface area contributed by atoms with Gasteiger partial charge in [-0.25, -0.2) is 0 Å². The fourth-order valence-corrected chi connectivity index (χ4v) is 4.14. The van der Waals surface area contributed by atoms with Crippen molar-refractivity contribution in [1.29, 1.82) is 0 Å². The summed E-state index contributed by atoms with van der Waals surface area (Å²) in [4.78, 5) is 17.9. The summed E-state index contributed by atoms with van der Waals surface area (Å²) >= 11 is 5.56. The van der Waals surface area contributed by atoms with Crippen LogP contribution in [0, 0.1) is 0 Å². The van der Waals surface area contributed by atoms with E-state index in [9.17, 15) is 4.79 Å². The molecule has 2 aliphatic rings. The van der Waals surface area contributed by atoms with Gasteiger partial charge in [-0.05, 0) is 40.5 Å². The van der Waals surface area contributed by atoms with Crippen molar-refractivity contribution in [2.75, 3.05) is 5.88 Å². The molecule has 0 spiro atoms. The van der Waals surface area contributed by atoms with Crippen molar-refractivity contribution < 1.29 is 14.4 Å². The molecule has 1 heterocycles. The Morgan fingerprint density at radius 3 is 2.09 bits per heavy atom. The summed E-state index contributed by atoms with van der Waals surface area (Å²) in [6, 6.07) is 0. The van der Waals surface area contributed by atoms with Gasteiger partial charge in [0.25, 0.3) is 0 Å². The van der Waals surface area contributed by atoms with E-state index in [0.717, 1.165) is 25.7 Å². The van der Waals surface area contributed by atoms with Crippen molar-refractivity contribution >= 4 is 17.6 Å². The van der Waals surface area contributed by atoms with Crippen LogP contribution in [0.3, 0.4) is 0 Å². The van der Waals surface area contributed by atoms with Gasteiger partial charge in [-0.3, -0.25) is 9.63 Å². The predicted molar refractivity (Wildman–Crippen MR) is 87.8 cm³/mol. The lowest BCUT2D eigenvalue weighted by Crippen LogP contribution is -2.63. The number of carbonyl (C=O) groups excluding carboxylic acids is 1. The van der Waals surface area contributed by atoms with Crippen LogP contribution in [-0.2, 0) is 14.4 Å². The number of ether oxygens (including phenoxy) is 1. The Balaban J connectivity index is 2.05. The first-order valence-electron chi connectivity index (χ1n) is 8.47. The van der Waals surface area contributed by atoms with E-state index >= 15 is 0 Å². The standard InChI is InChI=1S/C17H30ClNO3/c1-16(2)10-14(21-15(20)12-18)11-17(3,4)19(16)22-13-8-6-5-7-9-13/h13-14H,5-12H2,1-4H3. The second-order valence-corrected chi connectivity index (χ2v) is 8.21. The van der Waals surface area contributed by atoms with Crippen LogP contribution in [0.4, 0.5) is 0 Å². The number of rotatable bonds is 4.